The number of hydrogen-bond acceptors (Lipinski definition) is 0. The van der Waals surface area contributed by atoms with Gasteiger partial charge < -0.3 is 0 Å². The van der Waals surface area contributed by atoms with Gasteiger partial charge in [-0.25, -0.2) is 0 Å². The summed E-state index contributed by atoms with van der Waals surface area (Å²) in [6.07, 6.45) is 1.04. The van der Waals surface area contributed by atoms with Gasteiger partial charge in [0.25, 0.3) is 0 Å². The first-order valence-electron chi connectivity index (χ1n) is 7.17. The molecule has 2 aromatic carbocycles. The number of halogens is 1. The molecule has 0 aromatic heterocycles. The zero-order valence-electron chi connectivity index (χ0n) is 13.0. The molecule has 0 fully saturated rings. The van der Waals surface area contributed by atoms with Crippen LogP contribution in [0.3, 0.4) is 0 Å². The van der Waals surface area contributed by atoms with Gasteiger partial charge in [0.1, 0.15) is 0 Å². The van der Waals surface area contributed by atoms with Gasteiger partial charge >= 0.3 is 0 Å². The van der Waals surface area contributed by atoms with E-state index in [0.717, 1.165) is 6.42 Å². The largest absolute Gasteiger partial charge is 0.0835 e. The van der Waals surface area contributed by atoms with E-state index in [-0.39, 0.29) is 0 Å². The van der Waals surface area contributed by atoms with E-state index in [4.69, 9.17) is 0 Å². The van der Waals surface area contributed by atoms with E-state index in [0.29, 0.717) is 4.83 Å². The molecule has 0 N–H and O–H groups in total. The highest BCUT2D eigenvalue weighted by molar-refractivity contribution is 9.09. The SMILES string of the molecule is Cc1ccccc1CC(Br)c1c(C)c(C)cc(C)c1C. The van der Waals surface area contributed by atoms with E-state index in [1.165, 1.54) is 38.9 Å². The minimum Gasteiger partial charge on any atom is -0.0835 e. The third kappa shape index (κ3) is 2.98. The van der Waals surface area contributed by atoms with E-state index in [1.807, 2.05) is 0 Å². The van der Waals surface area contributed by atoms with Crippen LogP contribution in [0.5, 0.6) is 0 Å². The second kappa shape index (κ2) is 6.13. The van der Waals surface area contributed by atoms with Crippen LogP contribution in [0.2, 0.25) is 0 Å². The lowest BCUT2D eigenvalue weighted by Gasteiger charge is -2.20. The van der Waals surface area contributed by atoms with Crippen molar-refractivity contribution >= 4 is 15.9 Å². The zero-order chi connectivity index (χ0) is 14.9. The Hall–Kier alpha value is -1.08. The van der Waals surface area contributed by atoms with E-state index in [1.54, 1.807) is 0 Å². The average molecular weight is 331 g/mol. The maximum absolute atomic E-state index is 3.93. The van der Waals surface area contributed by atoms with Gasteiger partial charge in [-0.3, -0.25) is 0 Å². The summed E-state index contributed by atoms with van der Waals surface area (Å²) in [6.45, 7) is 11.1. The van der Waals surface area contributed by atoms with Gasteiger partial charge in [0, 0.05) is 4.83 Å². The second-order valence-electron chi connectivity index (χ2n) is 5.77. The highest BCUT2D eigenvalue weighted by Crippen LogP contribution is 2.35. The summed E-state index contributed by atoms with van der Waals surface area (Å²) in [5.41, 5.74) is 9.87. The zero-order valence-corrected chi connectivity index (χ0v) is 14.6. The van der Waals surface area contributed by atoms with E-state index in [9.17, 15) is 0 Å². The molecule has 0 aliphatic carbocycles. The highest BCUT2D eigenvalue weighted by atomic mass is 79.9. The normalized spacial score (nSPS) is 12.5. The number of alkyl halides is 1. The molecule has 1 heteroatoms. The summed E-state index contributed by atoms with van der Waals surface area (Å²) in [6, 6.07) is 11.0. The molecule has 0 nitrogen and oxygen atoms in total. The molecule has 0 aliphatic heterocycles. The molecule has 106 valence electrons. The van der Waals surface area contributed by atoms with Crippen LogP contribution in [-0.4, -0.2) is 0 Å². The van der Waals surface area contributed by atoms with Gasteiger partial charge in [0.2, 0.25) is 0 Å². The average Bonchev–Trinajstić information content (AvgIpc) is 2.39. The van der Waals surface area contributed by atoms with Crippen LogP contribution in [0.4, 0.5) is 0 Å². The van der Waals surface area contributed by atoms with Crippen molar-refractivity contribution in [3.63, 3.8) is 0 Å². The van der Waals surface area contributed by atoms with E-state index in [2.05, 4.69) is 80.9 Å². The minimum absolute atomic E-state index is 0.377. The molecule has 0 bridgehead atoms. The third-order valence-corrected chi connectivity index (χ3v) is 5.18. The molecule has 0 saturated heterocycles. The summed E-state index contributed by atoms with van der Waals surface area (Å²) in [4.78, 5) is 0.377. The van der Waals surface area contributed by atoms with Crippen LogP contribution in [-0.2, 0) is 6.42 Å². The number of benzene rings is 2. The molecule has 0 aliphatic rings. The van der Waals surface area contributed by atoms with Crippen molar-refractivity contribution in [2.45, 2.75) is 45.9 Å². The van der Waals surface area contributed by atoms with Crippen molar-refractivity contribution in [1.82, 2.24) is 0 Å². The Kier molecular flexibility index (Phi) is 4.70. The topological polar surface area (TPSA) is 0 Å². The molecular weight excluding hydrogens is 308 g/mol. The molecule has 2 rings (SSSR count). The van der Waals surface area contributed by atoms with Gasteiger partial charge in [0.15, 0.2) is 0 Å². The molecule has 0 saturated carbocycles. The lowest BCUT2D eigenvalue weighted by atomic mass is 9.90. The Labute approximate surface area is 131 Å². The summed E-state index contributed by atoms with van der Waals surface area (Å²) in [7, 11) is 0. The Morgan fingerprint density at radius 2 is 1.40 bits per heavy atom. The molecule has 20 heavy (non-hydrogen) atoms. The van der Waals surface area contributed by atoms with E-state index < -0.39 is 0 Å². The first kappa shape index (κ1) is 15.3. The maximum Gasteiger partial charge on any atom is 0.0441 e. The molecule has 0 amide bonds. The molecule has 0 spiro atoms. The number of aryl methyl sites for hydroxylation is 3. The summed E-state index contributed by atoms with van der Waals surface area (Å²) >= 11 is 3.93. The molecule has 1 unspecified atom stereocenters. The predicted octanol–water partition coefficient (Wildman–Crippen LogP) is 5.91. The van der Waals surface area contributed by atoms with Crippen molar-refractivity contribution in [3.05, 3.63) is 69.3 Å². The smallest absolute Gasteiger partial charge is 0.0441 e. The third-order valence-electron chi connectivity index (χ3n) is 4.40. The number of hydrogen-bond donors (Lipinski definition) is 0. The first-order chi connectivity index (χ1) is 9.41. The van der Waals surface area contributed by atoms with Crippen LogP contribution < -0.4 is 0 Å². The molecule has 0 heterocycles. The van der Waals surface area contributed by atoms with Gasteiger partial charge in [-0.05, 0) is 80.0 Å². The van der Waals surface area contributed by atoms with E-state index >= 15 is 0 Å². The van der Waals surface area contributed by atoms with Crippen LogP contribution in [0.25, 0.3) is 0 Å². The highest BCUT2D eigenvalue weighted by Gasteiger charge is 2.17. The lowest BCUT2D eigenvalue weighted by Crippen LogP contribution is -2.05. The quantitative estimate of drug-likeness (QED) is 0.614. The Bertz CT molecular complexity index is 600. The van der Waals surface area contributed by atoms with Gasteiger partial charge in [-0.15, -0.1) is 0 Å². The lowest BCUT2D eigenvalue weighted by molar-refractivity contribution is 0.911. The second-order valence-corrected chi connectivity index (χ2v) is 6.88. The summed E-state index contributed by atoms with van der Waals surface area (Å²) in [5.74, 6) is 0. The maximum atomic E-state index is 3.93. The van der Waals surface area contributed by atoms with Crippen molar-refractivity contribution < 1.29 is 0 Å². The fourth-order valence-electron chi connectivity index (χ4n) is 2.85. The van der Waals surface area contributed by atoms with Crippen LogP contribution >= 0.6 is 15.9 Å². The summed E-state index contributed by atoms with van der Waals surface area (Å²) in [5, 5.41) is 0. The Morgan fingerprint density at radius 3 is 1.95 bits per heavy atom. The van der Waals surface area contributed by atoms with Crippen LogP contribution in [0.1, 0.15) is 43.8 Å². The molecular formula is C19H23Br. The van der Waals surface area contributed by atoms with Crippen molar-refractivity contribution in [2.24, 2.45) is 0 Å². The fourth-order valence-corrected chi connectivity index (χ4v) is 3.89. The van der Waals surface area contributed by atoms with Gasteiger partial charge in [-0.2, -0.15) is 0 Å². The first-order valence-corrected chi connectivity index (χ1v) is 8.09. The number of rotatable bonds is 3. The van der Waals surface area contributed by atoms with Crippen molar-refractivity contribution in [3.8, 4) is 0 Å². The minimum atomic E-state index is 0.377. The van der Waals surface area contributed by atoms with Gasteiger partial charge in [0.05, 0.1) is 0 Å². The van der Waals surface area contributed by atoms with Crippen LogP contribution in [0, 0.1) is 34.6 Å². The fraction of sp³-hybridized carbons (Fsp3) is 0.368. The molecule has 1 atom stereocenters. The monoisotopic (exact) mass is 330 g/mol. The van der Waals surface area contributed by atoms with Crippen molar-refractivity contribution in [2.75, 3.05) is 0 Å². The Balaban J connectivity index is 2.40. The molecule has 2 aromatic rings. The Morgan fingerprint density at radius 1 is 0.850 bits per heavy atom. The standard InChI is InChI=1S/C19H23Br/c1-12-8-6-7-9-17(12)11-18(20)19-15(4)13(2)10-14(3)16(19)5/h6-10,18H,11H2,1-5H3. The van der Waals surface area contributed by atoms with Crippen molar-refractivity contribution in [1.29, 1.82) is 0 Å². The van der Waals surface area contributed by atoms with Gasteiger partial charge in [-0.1, -0.05) is 46.3 Å². The predicted molar refractivity (Wildman–Crippen MR) is 91.9 cm³/mol. The summed E-state index contributed by atoms with van der Waals surface area (Å²) < 4.78 is 0. The molecule has 0 radical (unpaired) electrons. The van der Waals surface area contributed by atoms with Crippen LogP contribution in [0.15, 0.2) is 30.3 Å².